The van der Waals surface area contributed by atoms with Crippen LogP contribution in [0.25, 0.3) is 0 Å². The molecule has 0 aromatic heterocycles. The monoisotopic (exact) mass is 296 g/mol. The van der Waals surface area contributed by atoms with E-state index in [-0.39, 0.29) is 19.4 Å². The van der Waals surface area contributed by atoms with Gasteiger partial charge in [-0.1, -0.05) is 19.3 Å². The van der Waals surface area contributed by atoms with Crippen molar-refractivity contribution >= 4 is 10.1 Å². The van der Waals surface area contributed by atoms with Crippen LogP contribution >= 0.6 is 0 Å². The molecule has 0 spiro atoms. The van der Waals surface area contributed by atoms with E-state index in [1.807, 2.05) is 0 Å². The number of unbranched alkanes of at least 4 members (excludes halogenated alkanes) is 4. The fraction of sp³-hybridized carbons (Fsp3) is 1.00. The summed E-state index contributed by atoms with van der Waals surface area (Å²) in [5.74, 6) is -4.79. The summed E-state index contributed by atoms with van der Waals surface area (Å²) in [5, 5.41) is 2.97. The highest BCUT2D eigenvalue weighted by Gasteiger charge is 2.64. The minimum Gasteiger partial charge on any atom is -0.396 e. The van der Waals surface area contributed by atoms with Gasteiger partial charge in [0.1, 0.15) is 0 Å². The molecule has 0 saturated carbocycles. The Morgan fingerprint density at radius 3 is 1.78 bits per heavy atom. The summed E-state index contributed by atoms with van der Waals surface area (Å²) in [4.78, 5) is 0. The predicted octanol–water partition coefficient (Wildman–Crippen LogP) is 2.44. The van der Waals surface area contributed by atoms with E-state index in [1.165, 1.54) is 0 Å². The van der Waals surface area contributed by atoms with Crippen molar-refractivity contribution in [1.82, 2.24) is 0 Å². The molecule has 110 valence electrons. The van der Waals surface area contributed by atoms with Crippen LogP contribution < -0.4 is 0 Å². The summed E-state index contributed by atoms with van der Waals surface area (Å²) in [6.45, 7) is -0.0308. The van der Waals surface area contributed by atoms with Gasteiger partial charge in [0, 0.05) is 13.0 Å². The molecule has 18 heavy (non-hydrogen) atoms. The first-order valence-corrected chi connectivity index (χ1v) is 6.84. The van der Waals surface area contributed by atoms with E-state index in [1.54, 1.807) is 0 Å². The predicted molar refractivity (Wildman–Crippen MR) is 56.2 cm³/mol. The van der Waals surface area contributed by atoms with Gasteiger partial charge in [-0.25, -0.2) is 0 Å². The molecule has 0 unspecified atom stereocenters. The maximum Gasteiger partial charge on any atom is 0.431 e. The molecule has 2 N–H and O–H groups in total. The number of aliphatic hydroxyl groups excluding tert-OH is 1. The van der Waals surface area contributed by atoms with Crippen LogP contribution in [0.15, 0.2) is 0 Å². The Labute approximate surface area is 103 Å². The Hall–Kier alpha value is -0.410. The highest BCUT2D eigenvalue weighted by atomic mass is 32.2. The third kappa shape index (κ3) is 4.69. The number of aliphatic hydroxyl groups is 1. The third-order valence-corrected chi connectivity index (χ3v) is 3.35. The van der Waals surface area contributed by atoms with E-state index in [0.717, 1.165) is 0 Å². The summed E-state index contributed by atoms with van der Waals surface area (Å²) in [5.41, 5.74) is 0. The topological polar surface area (TPSA) is 74.6 Å². The van der Waals surface area contributed by atoms with E-state index in [4.69, 9.17) is 9.66 Å². The highest BCUT2D eigenvalue weighted by Crippen LogP contribution is 2.41. The molecule has 0 aliphatic heterocycles. The Kier molecular flexibility index (Phi) is 6.52. The maximum absolute atomic E-state index is 12.9. The second-order valence-corrected chi connectivity index (χ2v) is 5.40. The van der Waals surface area contributed by atoms with Crippen molar-refractivity contribution < 1.29 is 35.6 Å². The van der Waals surface area contributed by atoms with Crippen molar-refractivity contribution in [1.29, 1.82) is 0 Å². The molecule has 4 nitrogen and oxygen atoms in total. The van der Waals surface area contributed by atoms with Gasteiger partial charge in [0.15, 0.2) is 0 Å². The van der Waals surface area contributed by atoms with Crippen LogP contribution in [0.5, 0.6) is 0 Å². The van der Waals surface area contributed by atoms with Crippen LogP contribution in [0, 0.1) is 0 Å². The summed E-state index contributed by atoms with van der Waals surface area (Å²) < 4.78 is 79.7. The van der Waals surface area contributed by atoms with E-state index < -0.39 is 27.7 Å². The summed E-state index contributed by atoms with van der Waals surface area (Å²) >= 11 is 0. The number of rotatable bonds is 9. The molecule has 0 rings (SSSR count). The Bertz CT molecular complexity index is 342. The van der Waals surface area contributed by atoms with Crippen molar-refractivity contribution in [3.8, 4) is 0 Å². The third-order valence-electron chi connectivity index (χ3n) is 2.40. The molecular formula is C9H16F4O4S. The smallest absolute Gasteiger partial charge is 0.396 e. The number of hydrogen-bond acceptors (Lipinski definition) is 3. The fourth-order valence-corrected chi connectivity index (χ4v) is 1.80. The zero-order valence-corrected chi connectivity index (χ0v) is 10.4. The Balaban J connectivity index is 4.24. The standard InChI is InChI=1S/C9H16F4O4S/c10-8(11,9(12,13)18(15,16)17)6-4-2-1-3-5-7-14/h14H,1-7H2,(H,15,16,17). The average Bonchev–Trinajstić information content (AvgIpc) is 2.21. The van der Waals surface area contributed by atoms with E-state index in [9.17, 15) is 26.0 Å². The van der Waals surface area contributed by atoms with Crippen LogP contribution in [0.2, 0.25) is 0 Å². The first-order chi connectivity index (χ1) is 8.06. The van der Waals surface area contributed by atoms with Gasteiger partial charge in [0.25, 0.3) is 0 Å². The quantitative estimate of drug-likeness (QED) is 0.389. The lowest BCUT2D eigenvalue weighted by Crippen LogP contribution is -2.46. The van der Waals surface area contributed by atoms with Crippen molar-refractivity contribution in [2.24, 2.45) is 0 Å². The van der Waals surface area contributed by atoms with E-state index in [0.29, 0.717) is 19.3 Å². The van der Waals surface area contributed by atoms with Gasteiger partial charge < -0.3 is 5.11 Å². The molecule has 0 aromatic carbocycles. The lowest BCUT2D eigenvalue weighted by Gasteiger charge is -2.23. The lowest BCUT2D eigenvalue weighted by atomic mass is 10.1. The molecular weight excluding hydrogens is 280 g/mol. The van der Waals surface area contributed by atoms with Crippen LogP contribution in [0.4, 0.5) is 17.6 Å². The van der Waals surface area contributed by atoms with Gasteiger partial charge in [-0.3, -0.25) is 4.55 Å². The largest absolute Gasteiger partial charge is 0.431 e. The molecule has 0 bridgehead atoms. The summed E-state index contributed by atoms with van der Waals surface area (Å²) in [6.07, 6.45) is 0.169. The van der Waals surface area contributed by atoms with Crippen molar-refractivity contribution in [2.45, 2.75) is 49.7 Å². The van der Waals surface area contributed by atoms with E-state index in [2.05, 4.69) is 0 Å². The maximum atomic E-state index is 12.9. The zero-order valence-electron chi connectivity index (χ0n) is 9.58. The minimum absolute atomic E-state index is 0.0308. The van der Waals surface area contributed by atoms with Crippen LogP contribution in [-0.2, 0) is 10.1 Å². The van der Waals surface area contributed by atoms with Gasteiger partial charge in [-0.15, -0.1) is 0 Å². The first kappa shape index (κ1) is 17.6. The normalized spacial score (nSPS) is 13.9. The number of halogens is 4. The molecule has 0 fully saturated rings. The lowest BCUT2D eigenvalue weighted by molar-refractivity contribution is -0.164. The van der Waals surface area contributed by atoms with Crippen LogP contribution in [0.1, 0.15) is 38.5 Å². The van der Waals surface area contributed by atoms with Crippen molar-refractivity contribution in [3.05, 3.63) is 0 Å². The molecule has 0 aliphatic carbocycles. The minimum atomic E-state index is -6.13. The highest BCUT2D eigenvalue weighted by molar-refractivity contribution is 7.87. The average molecular weight is 296 g/mol. The molecule has 0 aromatic rings. The molecule has 0 saturated heterocycles. The molecule has 0 atom stereocenters. The van der Waals surface area contributed by atoms with Gasteiger partial charge in [0.2, 0.25) is 0 Å². The number of hydrogen-bond donors (Lipinski definition) is 2. The second-order valence-electron chi connectivity index (χ2n) is 3.94. The van der Waals surface area contributed by atoms with Gasteiger partial charge in [0.05, 0.1) is 0 Å². The van der Waals surface area contributed by atoms with Crippen LogP contribution in [0.3, 0.4) is 0 Å². The SMILES string of the molecule is O=S(=O)(O)C(F)(F)C(F)(F)CCCCCCCO. The second kappa shape index (κ2) is 6.67. The fourth-order valence-electron chi connectivity index (χ4n) is 1.32. The van der Waals surface area contributed by atoms with Gasteiger partial charge in [-0.05, 0) is 12.8 Å². The Morgan fingerprint density at radius 1 is 0.889 bits per heavy atom. The van der Waals surface area contributed by atoms with Crippen molar-refractivity contribution in [2.75, 3.05) is 6.61 Å². The zero-order chi connectivity index (χ0) is 14.4. The van der Waals surface area contributed by atoms with Crippen molar-refractivity contribution in [3.63, 3.8) is 0 Å². The van der Waals surface area contributed by atoms with Crippen LogP contribution in [-0.4, -0.2) is 35.9 Å². The molecule has 0 heterocycles. The first-order valence-electron chi connectivity index (χ1n) is 5.40. The summed E-state index contributed by atoms with van der Waals surface area (Å²) in [6, 6.07) is 0. The number of alkyl halides is 4. The molecule has 0 amide bonds. The summed E-state index contributed by atoms with van der Waals surface area (Å²) in [7, 11) is -6.13. The molecule has 9 heteroatoms. The molecule has 0 aliphatic rings. The Morgan fingerprint density at radius 2 is 1.33 bits per heavy atom. The molecule has 0 radical (unpaired) electrons. The van der Waals surface area contributed by atoms with Gasteiger partial charge in [-0.2, -0.15) is 26.0 Å². The van der Waals surface area contributed by atoms with E-state index >= 15 is 0 Å². The van der Waals surface area contributed by atoms with Gasteiger partial charge >= 0.3 is 21.3 Å².